The number of ether oxygens (including phenoxy) is 4. The first kappa shape index (κ1) is 121. The van der Waals surface area contributed by atoms with E-state index >= 15 is 0 Å². The highest BCUT2D eigenvalue weighted by Gasteiger charge is 2.30. The van der Waals surface area contributed by atoms with Crippen LogP contribution in [0.2, 0.25) is 0 Å². The van der Waals surface area contributed by atoms with Crippen molar-refractivity contribution in [1.82, 2.24) is 10.6 Å². The summed E-state index contributed by atoms with van der Waals surface area (Å²) in [5, 5.41) is 6.87. The number of nitrogens with two attached hydrogens (primary N) is 1. The Labute approximate surface area is 675 Å². The lowest BCUT2D eigenvalue weighted by Gasteiger charge is -2.29. The zero-order valence-electron chi connectivity index (χ0n) is 77.1. The van der Waals surface area contributed by atoms with Crippen molar-refractivity contribution in [2.45, 2.75) is 414 Å². The lowest BCUT2D eigenvalue weighted by atomic mass is 9.84. The zero-order valence-corrected chi connectivity index (χ0v) is 77.1. The molecule has 0 fully saturated rings. The number of unbranched alkanes of at least 4 members (excludes halogenated alkanes) is 3. The molecule has 1 amide bonds. The number of nitrogens with one attached hydrogen (secondary N) is 2. The predicted molar refractivity (Wildman–Crippen MR) is 465 cm³/mol. The lowest BCUT2D eigenvalue weighted by molar-refractivity contribution is -0.145. The third-order valence-corrected chi connectivity index (χ3v) is 17.3. The van der Waals surface area contributed by atoms with E-state index in [-0.39, 0.29) is 101 Å². The van der Waals surface area contributed by atoms with Gasteiger partial charge in [0, 0.05) is 143 Å². The lowest BCUT2D eigenvalue weighted by Crippen LogP contribution is -2.45. The number of rotatable bonds is 53. The van der Waals surface area contributed by atoms with Crippen LogP contribution in [-0.2, 0) is 62.1 Å². The Kier molecular flexibility index (Phi) is 81.0. The largest absolute Gasteiger partial charge is 0.465 e. The Morgan fingerprint density at radius 3 is 1.08 bits per heavy atom. The number of Topliss-reactive ketones (excluding diaryl/α,β-unsaturated/α-hetero) is 7. The van der Waals surface area contributed by atoms with Gasteiger partial charge in [-0.15, -0.1) is 0 Å². The molecule has 0 aliphatic heterocycles. The molecule has 109 heavy (non-hydrogen) atoms. The highest BCUT2D eigenvalue weighted by Crippen LogP contribution is 2.25. The second-order valence-electron chi connectivity index (χ2n) is 37.3. The van der Waals surface area contributed by atoms with Crippen molar-refractivity contribution in [3.05, 3.63) is 12.2 Å². The summed E-state index contributed by atoms with van der Waals surface area (Å²) >= 11 is 0. The number of esters is 1. The van der Waals surface area contributed by atoms with Gasteiger partial charge in [0.2, 0.25) is 5.91 Å². The van der Waals surface area contributed by atoms with E-state index in [2.05, 4.69) is 121 Å². The summed E-state index contributed by atoms with van der Waals surface area (Å²) in [6.45, 7) is 77.4. The van der Waals surface area contributed by atoms with Gasteiger partial charge < -0.3 is 35.3 Å². The van der Waals surface area contributed by atoms with Gasteiger partial charge in [0.15, 0.2) is 5.78 Å². The molecule has 0 aromatic carbocycles. The Hall–Kier alpha value is -3.83. The maximum absolute atomic E-state index is 12.3. The van der Waals surface area contributed by atoms with Crippen molar-refractivity contribution in [3.8, 4) is 0 Å². The minimum atomic E-state index is -0.337. The fourth-order valence-electron chi connectivity index (χ4n) is 9.87. The molecule has 0 unspecified atom stereocenters. The first-order chi connectivity index (χ1) is 49.6. The van der Waals surface area contributed by atoms with Crippen molar-refractivity contribution in [3.63, 3.8) is 0 Å². The fraction of sp³-hybridized carbons (Fsp3) is 0.882. The summed E-state index contributed by atoms with van der Waals surface area (Å²) in [5.41, 5.74) is 6.37. The van der Waals surface area contributed by atoms with Gasteiger partial charge in [-0.3, -0.25) is 43.2 Å². The third kappa shape index (κ3) is 92.9. The van der Waals surface area contributed by atoms with Crippen molar-refractivity contribution in [1.29, 1.82) is 0 Å². The van der Waals surface area contributed by atoms with Gasteiger partial charge in [-0.25, -0.2) is 0 Å². The number of carbonyl (C=O) groups is 9. The molecule has 4 N–H and O–H groups in total. The van der Waals surface area contributed by atoms with Crippen molar-refractivity contribution in [2.24, 2.45) is 81.2 Å². The maximum atomic E-state index is 12.3. The number of hydrogen-bond acceptors (Lipinski definition) is 15. The molecule has 0 aromatic heterocycles. The summed E-state index contributed by atoms with van der Waals surface area (Å²) in [6.07, 6.45) is 19.9. The van der Waals surface area contributed by atoms with Crippen LogP contribution in [0.15, 0.2) is 12.2 Å². The molecule has 650 valence electrons. The van der Waals surface area contributed by atoms with Gasteiger partial charge in [-0.1, -0.05) is 267 Å². The van der Waals surface area contributed by atoms with Crippen LogP contribution in [0.25, 0.3) is 0 Å². The van der Waals surface area contributed by atoms with E-state index in [4.69, 9.17) is 24.7 Å². The minimum Gasteiger partial charge on any atom is -0.465 e. The molecule has 2 atom stereocenters. The van der Waals surface area contributed by atoms with Gasteiger partial charge in [0.1, 0.15) is 34.7 Å². The Balaban J connectivity index is -0.000000183. The molecular weight excluding hydrogens is 1370 g/mol. The van der Waals surface area contributed by atoms with Crippen LogP contribution in [-0.4, -0.2) is 123 Å². The number of primary amides is 1. The summed E-state index contributed by atoms with van der Waals surface area (Å²) in [4.78, 5) is 102. The van der Waals surface area contributed by atoms with Gasteiger partial charge in [-0.05, 0) is 118 Å². The van der Waals surface area contributed by atoms with Crippen molar-refractivity contribution in [2.75, 3.05) is 46.2 Å². The molecule has 0 spiro atoms. The average Bonchev–Trinajstić information content (AvgIpc) is 0.871. The summed E-state index contributed by atoms with van der Waals surface area (Å²) < 4.78 is 21.4. The topological polar surface area (TPSA) is 241 Å². The number of ketones is 7. The molecule has 16 heteroatoms. The SMILES string of the molecule is C.C=C(C(C)C)[C@@H](NC(C)C)C(C)C.CC(C)(C)CCCCCC(=O)C(C)(C)C.CC(C)C(=O)CCC(=O)C(C)C.CC(C)C(=O)CCOCCCC(=O)CCC(=O)C(C)C.CC(C)CCCOCCCC(=O)OCC(C)C.CC(C)CCCOCCCC(C)C.CC(C)N[C@@H](CCCCC(N)=O)C(=O)C(C)(C)C. The average molecular weight is 1550 g/mol. The third-order valence-electron chi connectivity index (χ3n) is 17.3. The zero-order chi connectivity index (χ0) is 85.5. The predicted octanol–water partition coefficient (Wildman–Crippen LogP) is 23.0. The van der Waals surface area contributed by atoms with E-state index in [0.717, 1.165) is 82.5 Å². The number of carbonyl (C=O) groups excluding carboxylic acids is 9. The monoisotopic (exact) mass is 1550 g/mol. The first-order valence-corrected chi connectivity index (χ1v) is 42.6. The normalized spacial score (nSPS) is 12.1. The van der Waals surface area contributed by atoms with Gasteiger partial charge in [0.05, 0.1) is 19.3 Å². The number of amides is 1. The molecule has 0 aliphatic rings. The fourth-order valence-corrected chi connectivity index (χ4v) is 9.87. The van der Waals surface area contributed by atoms with E-state index in [0.29, 0.717) is 125 Å². The molecule has 0 rings (SSSR count). The smallest absolute Gasteiger partial charge is 0.305 e. The molecular formula is C93H185N3O13. The molecule has 0 radical (unpaired) electrons. The second-order valence-corrected chi connectivity index (χ2v) is 37.3. The van der Waals surface area contributed by atoms with Crippen LogP contribution < -0.4 is 16.4 Å². The highest BCUT2D eigenvalue weighted by atomic mass is 16.5. The van der Waals surface area contributed by atoms with Crippen LogP contribution in [0.5, 0.6) is 0 Å². The second kappa shape index (κ2) is 73.1. The minimum absolute atomic E-state index is 0. The molecule has 0 saturated carbocycles. The number of hydrogen-bond donors (Lipinski definition) is 3. The van der Waals surface area contributed by atoms with Gasteiger partial charge >= 0.3 is 5.97 Å². The van der Waals surface area contributed by atoms with Crippen LogP contribution >= 0.6 is 0 Å². The van der Waals surface area contributed by atoms with E-state index in [9.17, 15) is 43.2 Å². The van der Waals surface area contributed by atoms with E-state index in [1.165, 1.54) is 56.9 Å². The molecule has 0 aliphatic carbocycles. The van der Waals surface area contributed by atoms with Gasteiger partial charge in [0.25, 0.3) is 0 Å². The maximum Gasteiger partial charge on any atom is 0.305 e. The van der Waals surface area contributed by atoms with E-state index < -0.39 is 0 Å². The van der Waals surface area contributed by atoms with Gasteiger partial charge in [-0.2, -0.15) is 0 Å². The first-order valence-electron chi connectivity index (χ1n) is 42.6. The van der Waals surface area contributed by atoms with Crippen LogP contribution in [0, 0.1) is 75.4 Å². The van der Waals surface area contributed by atoms with Crippen molar-refractivity contribution < 1.29 is 62.1 Å². The van der Waals surface area contributed by atoms with E-state index in [1.54, 1.807) is 0 Å². The summed E-state index contributed by atoms with van der Waals surface area (Å²) in [6, 6.07) is 1.14. The van der Waals surface area contributed by atoms with Crippen molar-refractivity contribution >= 4 is 52.4 Å². The van der Waals surface area contributed by atoms with Crippen LogP contribution in [0.4, 0.5) is 0 Å². The molecule has 16 nitrogen and oxygen atoms in total. The molecule has 0 saturated heterocycles. The quantitative estimate of drug-likeness (QED) is 0.0291. The van der Waals surface area contributed by atoms with Crippen LogP contribution in [0.1, 0.15) is 390 Å². The van der Waals surface area contributed by atoms with Crippen LogP contribution in [0.3, 0.4) is 0 Å². The standard InChI is InChI=1S/C16H28O4.C14H28N2O2.C14H28O3.C14H28O.C12H25N.C12H26O.C10H18O2.CH4/c1-12(2)15(18)8-7-14(17)6-5-10-20-11-9-16(19)13(3)4;1-10(2)16-11(13(18)14(3,4)5)8-6-7-9-12(15)17;1-12(2)7-5-9-16-10-6-8-14(15)17-11-13(3)4;1-13(2,3)11-9-7-8-10-12(15)14(4,5)6;1-8(2)11(7)12(9(3)4)13-10(5)6;1-11(2)7-5-9-13-10-6-8-12(3)4;1-7(2)9(11)5-6-10(12)8(3)4;/h12-13H,5-11H2,1-4H3;10-11,16H,6-9H2,1-5H3,(H2,15,17);12-13H,5-11H2,1-4H3;7-11H2,1-6H3;8-10,12-13H,7H2,1-6H3;11-12H,5-10H2,1-4H3;7-8H,5-6H2,1-4H3;1H4/t;11-;;;12-;;;/m.0..0.../s1. The summed E-state index contributed by atoms with van der Waals surface area (Å²) in [5.74, 6) is 5.23. The Morgan fingerprint density at radius 1 is 0.367 bits per heavy atom. The molecule has 0 bridgehead atoms. The van der Waals surface area contributed by atoms with E-state index in [1.807, 2.05) is 125 Å². The molecule has 0 heterocycles. The molecule has 0 aromatic rings. The Bertz CT molecular complexity index is 2240. The Morgan fingerprint density at radius 2 is 0.743 bits per heavy atom. The summed E-state index contributed by atoms with van der Waals surface area (Å²) in [7, 11) is 0. The highest BCUT2D eigenvalue weighted by molar-refractivity contribution is 5.89.